The number of rotatable bonds is 6. The van der Waals surface area contributed by atoms with Crippen molar-refractivity contribution in [3.8, 4) is 5.75 Å². The van der Waals surface area contributed by atoms with Crippen LogP contribution < -0.4 is 0 Å². The van der Waals surface area contributed by atoms with Gasteiger partial charge in [-0.25, -0.2) is 4.79 Å². The molecule has 0 saturated carbocycles. The van der Waals surface area contributed by atoms with E-state index in [-0.39, 0.29) is 11.3 Å². The third kappa shape index (κ3) is 3.46. The Balaban J connectivity index is 2.87. The molecular formula is C13H18O4. The number of phenols is 1. The fourth-order valence-corrected chi connectivity index (χ4v) is 1.73. The Labute approximate surface area is 101 Å². The van der Waals surface area contributed by atoms with E-state index in [4.69, 9.17) is 5.11 Å². The summed E-state index contributed by atoms with van der Waals surface area (Å²) in [6.45, 7) is 2.09. The number of hydrogen-bond acceptors (Lipinski definition) is 3. The zero-order valence-electron chi connectivity index (χ0n) is 9.89. The molecule has 3 N–H and O–H groups in total. The number of aliphatic hydroxyl groups is 1. The maximum Gasteiger partial charge on any atom is 0.337 e. The second kappa shape index (κ2) is 6.25. The van der Waals surface area contributed by atoms with Crippen molar-refractivity contribution in [2.24, 2.45) is 0 Å². The number of aliphatic carboxylic acids is 1. The fraction of sp³-hybridized carbons (Fsp3) is 0.462. The largest absolute Gasteiger partial charge is 0.507 e. The summed E-state index contributed by atoms with van der Waals surface area (Å²) in [5.74, 6) is -1.45. The summed E-state index contributed by atoms with van der Waals surface area (Å²) in [6, 6.07) is 4.84. The van der Waals surface area contributed by atoms with Crippen molar-refractivity contribution in [1.82, 2.24) is 0 Å². The van der Waals surface area contributed by atoms with Crippen LogP contribution in [0.25, 0.3) is 0 Å². The zero-order valence-corrected chi connectivity index (χ0v) is 9.89. The summed E-state index contributed by atoms with van der Waals surface area (Å²) in [5, 5.41) is 28.0. The lowest BCUT2D eigenvalue weighted by molar-refractivity contribution is -0.147. The molecule has 1 rings (SSSR count). The first-order chi connectivity index (χ1) is 8.07. The van der Waals surface area contributed by atoms with E-state index in [1.54, 1.807) is 12.1 Å². The number of para-hydroxylation sites is 1. The third-order valence-electron chi connectivity index (χ3n) is 2.73. The van der Waals surface area contributed by atoms with E-state index in [0.717, 1.165) is 19.3 Å². The predicted molar refractivity (Wildman–Crippen MR) is 63.9 cm³/mol. The highest BCUT2D eigenvalue weighted by molar-refractivity contribution is 5.75. The monoisotopic (exact) mass is 238 g/mol. The molecule has 0 spiro atoms. The molecule has 0 heterocycles. The topological polar surface area (TPSA) is 77.8 Å². The van der Waals surface area contributed by atoms with Crippen molar-refractivity contribution < 1.29 is 20.1 Å². The van der Waals surface area contributed by atoms with Crippen LogP contribution in [-0.4, -0.2) is 21.3 Å². The van der Waals surface area contributed by atoms with Gasteiger partial charge < -0.3 is 15.3 Å². The lowest BCUT2D eigenvalue weighted by Crippen LogP contribution is -2.11. The molecule has 4 heteroatoms. The molecular weight excluding hydrogens is 220 g/mol. The Morgan fingerprint density at radius 2 is 2.06 bits per heavy atom. The maximum atomic E-state index is 10.7. The molecule has 94 valence electrons. The van der Waals surface area contributed by atoms with Crippen molar-refractivity contribution in [3.63, 3.8) is 0 Å². The van der Waals surface area contributed by atoms with Crippen LogP contribution in [0.5, 0.6) is 5.75 Å². The highest BCUT2D eigenvalue weighted by atomic mass is 16.4. The maximum absolute atomic E-state index is 10.7. The van der Waals surface area contributed by atoms with Gasteiger partial charge in [-0.2, -0.15) is 0 Å². The number of unbranched alkanes of at least 4 members (excludes halogenated alkanes) is 2. The summed E-state index contributed by atoms with van der Waals surface area (Å²) >= 11 is 0. The number of aryl methyl sites for hydroxylation is 1. The van der Waals surface area contributed by atoms with E-state index < -0.39 is 12.1 Å². The third-order valence-corrected chi connectivity index (χ3v) is 2.73. The van der Waals surface area contributed by atoms with Crippen molar-refractivity contribution in [2.75, 3.05) is 0 Å². The molecule has 0 fully saturated rings. The average molecular weight is 238 g/mol. The van der Waals surface area contributed by atoms with Crippen LogP contribution in [0, 0.1) is 0 Å². The van der Waals surface area contributed by atoms with Crippen LogP contribution in [0.15, 0.2) is 18.2 Å². The van der Waals surface area contributed by atoms with Crippen LogP contribution in [0.1, 0.15) is 43.4 Å². The number of benzene rings is 1. The van der Waals surface area contributed by atoms with Gasteiger partial charge in [0.15, 0.2) is 6.10 Å². The minimum Gasteiger partial charge on any atom is -0.507 e. The lowest BCUT2D eigenvalue weighted by atomic mass is 10.00. The van der Waals surface area contributed by atoms with Gasteiger partial charge in [-0.15, -0.1) is 0 Å². The van der Waals surface area contributed by atoms with Gasteiger partial charge in [0.2, 0.25) is 0 Å². The smallest absolute Gasteiger partial charge is 0.337 e. The molecule has 1 unspecified atom stereocenters. The predicted octanol–water partition coefficient (Wildman–Crippen LogP) is 2.24. The standard InChI is InChI=1S/C13H18O4/c1-2-3-4-6-9-7-5-8-10(11(9)14)12(15)13(16)17/h5,7-8,12,14-15H,2-4,6H2,1H3,(H,16,17). The number of aromatic hydroxyl groups is 1. The number of aliphatic hydroxyl groups excluding tert-OH is 1. The molecule has 1 aromatic carbocycles. The van der Waals surface area contributed by atoms with Gasteiger partial charge in [-0.3, -0.25) is 0 Å². The Morgan fingerprint density at radius 1 is 1.35 bits per heavy atom. The molecule has 0 aliphatic carbocycles. The highest BCUT2D eigenvalue weighted by Gasteiger charge is 2.20. The first-order valence-electron chi connectivity index (χ1n) is 5.79. The highest BCUT2D eigenvalue weighted by Crippen LogP contribution is 2.29. The van der Waals surface area contributed by atoms with Crippen molar-refractivity contribution in [1.29, 1.82) is 0 Å². The number of hydrogen-bond donors (Lipinski definition) is 3. The number of carbonyl (C=O) groups is 1. The Morgan fingerprint density at radius 3 is 2.65 bits per heavy atom. The summed E-state index contributed by atoms with van der Waals surface area (Å²) in [5.41, 5.74) is 0.753. The van der Waals surface area contributed by atoms with Gasteiger partial charge in [-0.1, -0.05) is 38.0 Å². The van der Waals surface area contributed by atoms with Gasteiger partial charge >= 0.3 is 5.97 Å². The quantitative estimate of drug-likeness (QED) is 0.664. The van der Waals surface area contributed by atoms with E-state index >= 15 is 0 Å². The van der Waals surface area contributed by atoms with Crippen LogP contribution in [0.2, 0.25) is 0 Å². The van der Waals surface area contributed by atoms with Crippen LogP contribution in [-0.2, 0) is 11.2 Å². The van der Waals surface area contributed by atoms with Gasteiger partial charge in [0.25, 0.3) is 0 Å². The average Bonchev–Trinajstić information content (AvgIpc) is 2.30. The normalized spacial score (nSPS) is 12.4. The second-order valence-electron chi connectivity index (χ2n) is 4.05. The van der Waals surface area contributed by atoms with E-state index in [2.05, 4.69) is 6.92 Å². The van der Waals surface area contributed by atoms with E-state index in [1.807, 2.05) is 0 Å². The number of phenolic OH excluding ortho intramolecular Hbond substituents is 1. The van der Waals surface area contributed by atoms with Gasteiger partial charge in [0.05, 0.1) is 0 Å². The molecule has 0 aliphatic heterocycles. The first kappa shape index (κ1) is 13.5. The lowest BCUT2D eigenvalue weighted by Gasteiger charge is -2.11. The van der Waals surface area contributed by atoms with Gasteiger partial charge in [0, 0.05) is 5.56 Å². The van der Waals surface area contributed by atoms with Gasteiger partial charge in [-0.05, 0) is 18.4 Å². The number of carboxylic acids is 1. The fourth-order valence-electron chi connectivity index (χ4n) is 1.73. The Kier molecular flexibility index (Phi) is 4.97. The van der Waals surface area contributed by atoms with Crippen molar-refractivity contribution in [2.45, 2.75) is 38.7 Å². The molecule has 1 aromatic rings. The Bertz CT molecular complexity index is 387. The molecule has 0 radical (unpaired) electrons. The van der Waals surface area contributed by atoms with E-state index in [0.29, 0.717) is 12.0 Å². The summed E-state index contributed by atoms with van der Waals surface area (Å²) < 4.78 is 0. The second-order valence-corrected chi connectivity index (χ2v) is 4.05. The summed E-state index contributed by atoms with van der Waals surface area (Å²) in [6.07, 6.45) is 2.11. The Hall–Kier alpha value is -1.55. The van der Waals surface area contributed by atoms with Crippen LogP contribution in [0.4, 0.5) is 0 Å². The number of carboxylic acid groups (broad SMARTS) is 1. The summed E-state index contributed by atoms with van der Waals surface area (Å²) in [7, 11) is 0. The molecule has 17 heavy (non-hydrogen) atoms. The van der Waals surface area contributed by atoms with Crippen molar-refractivity contribution in [3.05, 3.63) is 29.3 Å². The molecule has 0 saturated heterocycles. The molecule has 1 atom stereocenters. The van der Waals surface area contributed by atoms with Crippen LogP contribution in [0.3, 0.4) is 0 Å². The minimum atomic E-state index is -1.67. The van der Waals surface area contributed by atoms with Crippen molar-refractivity contribution >= 4 is 5.97 Å². The molecule has 0 amide bonds. The zero-order chi connectivity index (χ0) is 12.8. The molecule has 4 nitrogen and oxygen atoms in total. The summed E-state index contributed by atoms with van der Waals surface area (Å²) in [4.78, 5) is 10.7. The van der Waals surface area contributed by atoms with Gasteiger partial charge in [0.1, 0.15) is 5.75 Å². The SMILES string of the molecule is CCCCCc1cccc(C(O)C(=O)O)c1O. The van der Waals surface area contributed by atoms with Crippen LogP contribution >= 0.6 is 0 Å². The van der Waals surface area contributed by atoms with E-state index in [9.17, 15) is 15.0 Å². The minimum absolute atomic E-state index is 0.0616. The molecule has 0 bridgehead atoms. The molecule has 0 aliphatic rings. The first-order valence-corrected chi connectivity index (χ1v) is 5.79. The van der Waals surface area contributed by atoms with E-state index in [1.165, 1.54) is 6.07 Å². The molecule has 0 aromatic heterocycles.